The highest BCUT2D eigenvalue weighted by Gasteiger charge is 2.31. The summed E-state index contributed by atoms with van der Waals surface area (Å²) < 4.78 is 4.02. The molecule has 24 heavy (non-hydrogen) atoms. The van der Waals surface area contributed by atoms with E-state index in [1.54, 1.807) is 4.90 Å². The third kappa shape index (κ3) is 2.32. The van der Waals surface area contributed by atoms with Crippen LogP contribution in [0.2, 0.25) is 0 Å². The Balaban J connectivity index is 1.87. The number of halogens is 1. The average molecular weight is 341 g/mol. The Morgan fingerprint density at radius 2 is 1.92 bits per heavy atom. The summed E-state index contributed by atoms with van der Waals surface area (Å²) in [6.07, 6.45) is 4.00. The molecule has 2 aromatic heterocycles. The van der Waals surface area contributed by atoms with E-state index in [1.165, 1.54) is 0 Å². The predicted octanol–water partition coefficient (Wildman–Crippen LogP) is 3.05. The first-order chi connectivity index (χ1) is 11.7. The smallest absolute Gasteiger partial charge is 0.238 e. The van der Waals surface area contributed by atoms with Crippen molar-refractivity contribution in [2.75, 3.05) is 5.88 Å². The van der Waals surface area contributed by atoms with Gasteiger partial charge in [-0.05, 0) is 30.7 Å². The van der Waals surface area contributed by atoms with E-state index < -0.39 is 0 Å². The Labute approximate surface area is 145 Å². The van der Waals surface area contributed by atoms with Crippen LogP contribution in [0.25, 0.3) is 11.5 Å². The van der Waals surface area contributed by atoms with Crippen LogP contribution in [0.5, 0.6) is 0 Å². The van der Waals surface area contributed by atoms with Gasteiger partial charge < -0.3 is 9.47 Å². The van der Waals surface area contributed by atoms with Gasteiger partial charge in [0.15, 0.2) is 0 Å². The van der Waals surface area contributed by atoms with Gasteiger partial charge >= 0.3 is 0 Å². The fourth-order valence-electron chi connectivity index (χ4n) is 3.17. The van der Waals surface area contributed by atoms with Crippen LogP contribution in [0.3, 0.4) is 0 Å². The van der Waals surface area contributed by atoms with Gasteiger partial charge in [-0.25, -0.2) is 4.68 Å². The number of nitrogens with zero attached hydrogens (tertiary/aromatic N) is 4. The first-order valence-electron chi connectivity index (χ1n) is 7.83. The second-order valence-corrected chi connectivity index (χ2v) is 6.19. The molecule has 4 rings (SSSR count). The number of hydrogen-bond acceptors (Lipinski definition) is 2. The molecule has 3 aromatic rings. The maximum absolute atomic E-state index is 11.9. The number of carbonyl (C=O) groups is 1. The molecule has 3 heterocycles. The van der Waals surface area contributed by atoms with Crippen molar-refractivity contribution in [3.05, 3.63) is 65.6 Å². The number of carbonyl (C=O) groups excluding carboxylic acids is 1. The van der Waals surface area contributed by atoms with E-state index in [9.17, 15) is 4.79 Å². The largest absolute Gasteiger partial charge is 0.331 e. The van der Waals surface area contributed by atoms with Crippen molar-refractivity contribution in [1.82, 2.24) is 19.2 Å². The summed E-state index contributed by atoms with van der Waals surface area (Å²) >= 11 is 5.71. The summed E-state index contributed by atoms with van der Waals surface area (Å²) in [5.74, 6) is 0.922. The number of rotatable bonds is 3. The first-order valence-corrected chi connectivity index (χ1v) is 8.36. The zero-order chi connectivity index (χ0) is 16.7. The van der Waals surface area contributed by atoms with Gasteiger partial charge in [0, 0.05) is 18.0 Å². The minimum atomic E-state index is -0.0597. The quantitative estimate of drug-likeness (QED) is 0.688. The van der Waals surface area contributed by atoms with Crippen LogP contribution < -0.4 is 0 Å². The Morgan fingerprint density at radius 1 is 1.17 bits per heavy atom. The molecule has 1 aliphatic rings. The highest BCUT2D eigenvalue weighted by Crippen LogP contribution is 2.31. The van der Waals surface area contributed by atoms with Crippen LogP contribution in [-0.4, -0.2) is 31.0 Å². The van der Waals surface area contributed by atoms with E-state index in [4.69, 9.17) is 16.7 Å². The lowest BCUT2D eigenvalue weighted by atomic mass is 10.2. The van der Waals surface area contributed by atoms with E-state index in [1.807, 2.05) is 45.9 Å². The fourth-order valence-corrected chi connectivity index (χ4v) is 3.34. The molecule has 0 saturated carbocycles. The van der Waals surface area contributed by atoms with E-state index in [0.29, 0.717) is 13.1 Å². The van der Waals surface area contributed by atoms with E-state index in [-0.39, 0.29) is 11.8 Å². The minimum absolute atomic E-state index is 0.000914. The standard InChI is InChI=1S/C18H17ClN4O/c1-13-6-2-3-7-16(13)23-18(21-8-4-5-9-21)14-11-22(17(24)10-19)12-15(14)20-23/h2-9H,10-12H2,1H3. The molecule has 0 aliphatic carbocycles. The molecule has 1 aromatic carbocycles. The molecule has 122 valence electrons. The molecule has 0 bridgehead atoms. The number of hydrogen-bond donors (Lipinski definition) is 0. The molecule has 0 N–H and O–H groups in total. The van der Waals surface area contributed by atoms with Gasteiger partial charge in [0.05, 0.1) is 24.5 Å². The summed E-state index contributed by atoms with van der Waals surface area (Å²) in [6, 6.07) is 12.1. The van der Waals surface area contributed by atoms with Crippen molar-refractivity contribution < 1.29 is 4.79 Å². The van der Waals surface area contributed by atoms with Crippen LogP contribution in [-0.2, 0) is 17.9 Å². The molecule has 1 amide bonds. The van der Waals surface area contributed by atoms with E-state index in [0.717, 1.165) is 28.3 Å². The number of aryl methyl sites for hydroxylation is 1. The van der Waals surface area contributed by atoms with Crippen LogP contribution >= 0.6 is 11.6 Å². The number of fused-ring (bicyclic) bond motifs is 1. The molecule has 5 nitrogen and oxygen atoms in total. The van der Waals surface area contributed by atoms with Crippen LogP contribution in [0.1, 0.15) is 16.8 Å². The monoisotopic (exact) mass is 340 g/mol. The summed E-state index contributed by atoms with van der Waals surface area (Å²) in [6.45, 7) is 3.12. The summed E-state index contributed by atoms with van der Waals surface area (Å²) in [4.78, 5) is 13.7. The third-order valence-corrected chi connectivity index (χ3v) is 4.62. The van der Waals surface area contributed by atoms with E-state index >= 15 is 0 Å². The third-order valence-electron chi connectivity index (χ3n) is 4.39. The topological polar surface area (TPSA) is 43.1 Å². The normalized spacial score (nSPS) is 13.3. The van der Waals surface area contributed by atoms with Crippen LogP contribution in [0.4, 0.5) is 0 Å². The van der Waals surface area contributed by atoms with Crippen molar-refractivity contribution >= 4 is 17.5 Å². The molecule has 0 saturated heterocycles. The lowest BCUT2D eigenvalue weighted by Crippen LogP contribution is -2.27. The molecule has 6 heteroatoms. The Hall–Kier alpha value is -2.53. The van der Waals surface area contributed by atoms with Crippen molar-refractivity contribution in [3.63, 3.8) is 0 Å². The van der Waals surface area contributed by atoms with Gasteiger partial charge in [-0.15, -0.1) is 11.6 Å². The molecular formula is C18H17ClN4O. The average Bonchev–Trinajstić information content (AvgIpc) is 3.29. The summed E-state index contributed by atoms with van der Waals surface area (Å²) in [7, 11) is 0. The second kappa shape index (κ2) is 5.83. The summed E-state index contributed by atoms with van der Waals surface area (Å²) in [5.41, 5.74) is 4.21. The molecule has 0 fully saturated rings. The number of alkyl halides is 1. The number of benzene rings is 1. The molecule has 0 radical (unpaired) electrons. The number of para-hydroxylation sites is 1. The lowest BCUT2D eigenvalue weighted by molar-refractivity contribution is -0.129. The number of amides is 1. The molecule has 1 aliphatic heterocycles. The maximum atomic E-state index is 11.9. The highest BCUT2D eigenvalue weighted by atomic mass is 35.5. The van der Waals surface area contributed by atoms with Gasteiger partial charge in [-0.1, -0.05) is 18.2 Å². The highest BCUT2D eigenvalue weighted by molar-refractivity contribution is 6.27. The molecule has 0 atom stereocenters. The first kappa shape index (κ1) is 15.0. The van der Waals surface area contributed by atoms with Gasteiger partial charge in [0.25, 0.3) is 0 Å². The van der Waals surface area contributed by atoms with Gasteiger partial charge in [0.1, 0.15) is 11.7 Å². The van der Waals surface area contributed by atoms with E-state index in [2.05, 4.69) is 19.1 Å². The van der Waals surface area contributed by atoms with Crippen molar-refractivity contribution in [1.29, 1.82) is 0 Å². The fraction of sp³-hybridized carbons (Fsp3) is 0.222. The summed E-state index contributed by atoms with van der Waals surface area (Å²) in [5, 5.41) is 4.80. The Bertz CT molecular complexity index is 898. The molecule has 0 spiro atoms. The van der Waals surface area contributed by atoms with Crippen molar-refractivity contribution in [2.24, 2.45) is 0 Å². The van der Waals surface area contributed by atoms with Crippen molar-refractivity contribution in [2.45, 2.75) is 20.0 Å². The SMILES string of the molecule is Cc1ccccc1-n1nc2c(c1-n1cccc1)CN(C(=O)CCl)C2. The maximum Gasteiger partial charge on any atom is 0.238 e. The molecule has 0 unspecified atom stereocenters. The lowest BCUT2D eigenvalue weighted by Gasteiger charge is -2.17. The second-order valence-electron chi connectivity index (χ2n) is 5.92. The minimum Gasteiger partial charge on any atom is -0.331 e. The number of aromatic nitrogens is 3. The van der Waals surface area contributed by atoms with Gasteiger partial charge in [-0.3, -0.25) is 4.79 Å². The zero-order valence-electron chi connectivity index (χ0n) is 13.3. The predicted molar refractivity (Wildman–Crippen MR) is 92.6 cm³/mol. The molecular weight excluding hydrogens is 324 g/mol. The zero-order valence-corrected chi connectivity index (χ0v) is 14.1. The van der Waals surface area contributed by atoms with Crippen molar-refractivity contribution in [3.8, 4) is 11.5 Å². The Morgan fingerprint density at radius 3 is 2.62 bits per heavy atom. The van der Waals surface area contributed by atoms with Crippen LogP contribution in [0, 0.1) is 6.92 Å². The van der Waals surface area contributed by atoms with Gasteiger partial charge in [0.2, 0.25) is 5.91 Å². The van der Waals surface area contributed by atoms with Crippen LogP contribution in [0.15, 0.2) is 48.8 Å². The Kier molecular flexibility index (Phi) is 3.65. The van der Waals surface area contributed by atoms with Gasteiger partial charge in [-0.2, -0.15) is 5.10 Å².